The standard InChI is InChI=1S/C8H11N7O2/c1-17-3-2-15-5-6(4-9-15)10-8(16)7-11-13-14-12-7/h4-5H,2-3H2,1H3,(H,10,16)(H,11,12,13,14). The van der Waals surface area contributed by atoms with Crippen molar-refractivity contribution >= 4 is 11.6 Å². The second kappa shape index (κ2) is 5.16. The van der Waals surface area contributed by atoms with Gasteiger partial charge in [0.2, 0.25) is 0 Å². The number of nitrogens with one attached hydrogen (secondary N) is 2. The maximum Gasteiger partial charge on any atom is 0.297 e. The quantitative estimate of drug-likeness (QED) is 0.711. The lowest BCUT2D eigenvalue weighted by Gasteiger charge is -1.99. The summed E-state index contributed by atoms with van der Waals surface area (Å²) >= 11 is 0. The molecule has 0 aliphatic heterocycles. The van der Waals surface area contributed by atoms with Crippen LogP contribution in [0, 0.1) is 0 Å². The maximum absolute atomic E-state index is 11.5. The highest BCUT2D eigenvalue weighted by molar-refractivity contribution is 6.01. The molecule has 0 saturated carbocycles. The summed E-state index contributed by atoms with van der Waals surface area (Å²) in [6, 6.07) is 0. The number of H-pyrrole nitrogens is 1. The fourth-order valence-corrected chi connectivity index (χ4v) is 1.18. The number of aromatic amines is 1. The van der Waals surface area contributed by atoms with Crippen LogP contribution in [-0.2, 0) is 11.3 Å². The highest BCUT2D eigenvalue weighted by Crippen LogP contribution is 2.05. The van der Waals surface area contributed by atoms with Crippen LogP contribution in [0.2, 0.25) is 0 Å². The molecule has 0 radical (unpaired) electrons. The van der Waals surface area contributed by atoms with E-state index in [9.17, 15) is 4.79 Å². The predicted molar refractivity (Wildman–Crippen MR) is 56.2 cm³/mol. The van der Waals surface area contributed by atoms with Gasteiger partial charge in [0, 0.05) is 13.3 Å². The lowest BCUT2D eigenvalue weighted by atomic mass is 10.5. The molecule has 0 atom stereocenters. The molecule has 2 heterocycles. The van der Waals surface area contributed by atoms with Gasteiger partial charge in [0.15, 0.2) is 0 Å². The Kier molecular flexibility index (Phi) is 3.40. The largest absolute Gasteiger partial charge is 0.383 e. The molecule has 9 heteroatoms. The van der Waals surface area contributed by atoms with Gasteiger partial charge in [-0.05, 0) is 5.21 Å². The van der Waals surface area contributed by atoms with E-state index >= 15 is 0 Å². The van der Waals surface area contributed by atoms with E-state index in [1.165, 1.54) is 6.20 Å². The Hall–Kier alpha value is -2.29. The third kappa shape index (κ3) is 2.84. The van der Waals surface area contributed by atoms with Gasteiger partial charge < -0.3 is 10.1 Å². The van der Waals surface area contributed by atoms with E-state index in [1.807, 2.05) is 0 Å². The predicted octanol–water partition coefficient (Wildman–Crippen LogP) is -0.705. The molecule has 0 bridgehead atoms. The van der Waals surface area contributed by atoms with Crippen molar-refractivity contribution < 1.29 is 9.53 Å². The number of hydrogen-bond donors (Lipinski definition) is 2. The Balaban J connectivity index is 1.95. The zero-order chi connectivity index (χ0) is 12.1. The van der Waals surface area contributed by atoms with Gasteiger partial charge in [0.25, 0.3) is 11.7 Å². The molecule has 2 aromatic rings. The fraction of sp³-hybridized carbons (Fsp3) is 0.375. The van der Waals surface area contributed by atoms with Crippen LogP contribution < -0.4 is 5.32 Å². The highest BCUT2D eigenvalue weighted by Gasteiger charge is 2.11. The molecular weight excluding hydrogens is 226 g/mol. The average molecular weight is 237 g/mol. The Morgan fingerprint density at radius 2 is 2.53 bits per heavy atom. The molecule has 2 N–H and O–H groups in total. The average Bonchev–Trinajstić information content (AvgIpc) is 2.97. The molecule has 9 nitrogen and oxygen atoms in total. The number of methoxy groups -OCH3 is 1. The number of hydrogen-bond acceptors (Lipinski definition) is 6. The molecule has 2 aromatic heterocycles. The lowest BCUT2D eigenvalue weighted by Crippen LogP contribution is -2.13. The topological polar surface area (TPSA) is 111 Å². The summed E-state index contributed by atoms with van der Waals surface area (Å²) in [6.07, 6.45) is 3.23. The van der Waals surface area contributed by atoms with Crippen LogP contribution in [0.25, 0.3) is 0 Å². The second-order valence-electron chi connectivity index (χ2n) is 3.17. The molecule has 17 heavy (non-hydrogen) atoms. The Morgan fingerprint density at radius 1 is 1.65 bits per heavy atom. The first-order chi connectivity index (χ1) is 8.29. The van der Waals surface area contributed by atoms with Gasteiger partial charge in [-0.1, -0.05) is 0 Å². The summed E-state index contributed by atoms with van der Waals surface area (Å²) in [5.74, 6) is -0.459. The molecule has 0 aromatic carbocycles. The summed E-state index contributed by atoms with van der Waals surface area (Å²) in [5, 5.41) is 19.3. The van der Waals surface area contributed by atoms with Crippen LogP contribution >= 0.6 is 0 Å². The Bertz CT molecular complexity index is 478. The van der Waals surface area contributed by atoms with Crippen molar-refractivity contribution in [3.63, 3.8) is 0 Å². The molecule has 0 saturated heterocycles. The van der Waals surface area contributed by atoms with Gasteiger partial charge in [-0.25, -0.2) is 0 Å². The van der Waals surface area contributed by atoms with Crippen molar-refractivity contribution in [1.29, 1.82) is 0 Å². The second-order valence-corrected chi connectivity index (χ2v) is 3.17. The molecule has 0 fully saturated rings. The number of carbonyl (C=O) groups is 1. The number of aromatic nitrogens is 6. The van der Waals surface area contributed by atoms with Crippen molar-refractivity contribution in [2.75, 3.05) is 19.0 Å². The van der Waals surface area contributed by atoms with Crippen LogP contribution in [0.1, 0.15) is 10.6 Å². The zero-order valence-corrected chi connectivity index (χ0v) is 9.12. The van der Waals surface area contributed by atoms with Crippen molar-refractivity contribution in [2.24, 2.45) is 0 Å². The SMILES string of the molecule is COCCn1cc(NC(=O)c2nn[nH]n2)cn1. The van der Waals surface area contributed by atoms with Crippen LogP contribution in [0.5, 0.6) is 0 Å². The van der Waals surface area contributed by atoms with E-state index in [0.29, 0.717) is 18.8 Å². The van der Waals surface area contributed by atoms with E-state index in [4.69, 9.17) is 4.74 Å². The van der Waals surface area contributed by atoms with Gasteiger partial charge >= 0.3 is 0 Å². The molecule has 2 rings (SSSR count). The number of carbonyl (C=O) groups excluding carboxylic acids is 1. The van der Waals surface area contributed by atoms with E-state index < -0.39 is 5.91 Å². The van der Waals surface area contributed by atoms with Gasteiger partial charge in [0.05, 0.1) is 25.0 Å². The minimum Gasteiger partial charge on any atom is -0.383 e. The highest BCUT2D eigenvalue weighted by atomic mass is 16.5. The number of amides is 1. The molecule has 0 aliphatic rings. The first-order valence-electron chi connectivity index (χ1n) is 4.86. The number of ether oxygens (including phenoxy) is 1. The van der Waals surface area contributed by atoms with Crippen molar-refractivity contribution in [3.8, 4) is 0 Å². The molecule has 1 amide bonds. The molecule has 0 spiro atoms. The number of rotatable bonds is 5. The van der Waals surface area contributed by atoms with E-state index in [-0.39, 0.29) is 5.82 Å². The molecule has 90 valence electrons. The van der Waals surface area contributed by atoms with E-state index in [0.717, 1.165) is 0 Å². The van der Waals surface area contributed by atoms with Gasteiger partial charge in [-0.15, -0.1) is 10.2 Å². The monoisotopic (exact) mass is 237 g/mol. The number of nitrogens with zero attached hydrogens (tertiary/aromatic N) is 5. The van der Waals surface area contributed by atoms with Crippen LogP contribution in [-0.4, -0.2) is 50.0 Å². The maximum atomic E-state index is 11.5. The van der Waals surface area contributed by atoms with Gasteiger partial charge in [-0.2, -0.15) is 10.3 Å². The summed E-state index contributed by atoms with van der Waals surface area (Å²) in [5.41, 5.74) is 0.566. The van der Waals surface area contributed by atoms with Crippen LogP contribution in [0.15, 0.2) is 12.4 Å². The first-order valence-corrected chi connectivity index (χ1v) is 4.86. The van der Waals surface area contributed by atoms with Crippen molar-refractivity contribution in [1.82, 2.24) is 30.4 Å². The molecular formula is C8H11N7O2. The summed E-state index contributed by atoms with van der Waals surface area (Å²) in [6.45, 7) is 1.18. The fourth-order valence-electron chi connectivity index (χ4n) is 1.18. The molecule has 0 aliphatic carbocycles. The smallest absolute Gasteiger partial charge is 0.297 e. The van der Waals surface area contributed by atoms with Crippen LogP contribution in [0.3, 0.4) is 0 Å². The van der Waals surface area contributed by atoms with E-state index in [2.05, 4.69) is 31.0 Å². The van der Waals surface area contributed by atoms with Crippen molar-refractivity contribution in [3.05, 3.63) is 18.2 Å². The molecule has 0 unspecified atom stereocenters. The normalized spacial score (nSPS) is 10.4. The third-order valence-corrected chi connectivity index (χ3v) is 1.96. The van der Waals surface area contributed by atoms with Crippen LogP contribution in [0.4, 0.5) is 5.69 Å². The summed E-state index contributed by atoms with van der Waals surface area (Å²) in [7, 11) is 1.61. The van der Waals surface area contributed by atoms with E-state index in [1.54, 1.807) is 18.0 Å². The first kappa shape index (κ1) is 11.2. The summed E-state index contributed by atoms with van der Waals surface area (Å²) < 4.78 is 6.58. The third-order valence-electron chi connectivity index (χ3n) is 1.96. The number of tetrazole rings is 1. The Labute approximate surface area is 96.2 Å². The van der Waals surface area contributed by atoms with Crippen molar-refractivity contribution in [2.45, 2.75) is 6.54 Å². The Morgan fingerprint density at radius 3 is 3.24 bits per heavy atom. The lowest BCUT2D eigenvalue weighted by molar-refractivity contribution is 0.101. The zero-order valence-electron chi connectivity index (χ0n) is 9.12. The summed E-state index contributed by atoms with van der Waals surface area (Å²) in [4.78, 5) is 11.5. The number of anilines is 1. The van der Waals surface area contributed by atoms with Gasteiger partial charge in [-0.3, -0.25) is 9.48 Å². The minimum atomic E-state index is -0.440. The minimum absolute atomic E-state index is 0.0189. The van der Waals surface area contributed by atoms with Gasteiger partial charge in [0.1, 0.15) is 0 Å².